The van der Waals surface area contributed by atoms with E-state index in [9.17, 15) is 9.59 Å². The van der Waals surface area contributed by atoms with Gasteiger partial charge in [-0.1, -0.05) is 0 Å². The maximum Gasteiger partial charge on any atom is 0.256 e. The number of amides is 2. The average molecular weight is 458 g/mol. The third-order valence-electron chi connectivity index (χ3n) is 5.15. The Morgan fingerprint density at radius 1 is 1.00 bits per heavy atom. The van der Waals surface area contributed by atoms with Gasteiger partial charge in [0.15, 0.2) is 5.11 Å². The molecule has 0 bridgehead atoms. The van der Waals surface area contributed by atoms with Gasteiger partial charge in [0.25, 0.3) is 5.91 Å². The summed E-state index contributed by atoms with van der Waals surface area (Å²) < 4.78 is 15.5. The number of hydrogen-bond donors (Lipinski definition) is 1. The number of thiocarbonyl (C=S) groups is 1. The minimum Gasteiger partial charge on any atom is -0.497 e. The Hall–Kier alpha value is -3.17. The van der Waals surface area contributed by atoms with Crippen LogP contribution in [0.25, 0.3) is 0 Å². The molecule has 0 aliphatic carbocycles. The van der Waals surface area contributed by atoms with Crippen molar-refractivity contribution in [3.05, 3.63) is 48.5 Å². The fraction of sp³-hybridized carbons (Fsp3) is 0.348. The molecule has 1 aliphatic heterocycles. The predicted molar refractivity (Wildman–Crippen MR) is 126 cm³/mol. The Morgan fingerprint density at radius 2 is 1.59 bits per heavy atom. The first-order valence-electron chi connectivity index (χ1n) is 10.2. The molecule has 1 unspecified atom stereocenters. The number of benzene rings is 2. The van der Waals surface area contributed by atoms with E-state index in [1.165, 1.54) is 4.90 Å². The van der Waals surface area contributed by atoms with Crippen LogP contribution >= 0.6 is 12.2 Å². The van der Waals surface area contributed by atoms with Crippen molar-refractivity contribution in [3.8, 4) is 11.5 Å². The van der Waals surface area contributed by atoms with Gasteiger partial charge in [-0.3, -0.25) is 14.5 Å². The lowest BCUT2D eigenvalue weighted by Gasteiger charge is -2.23. The normalized spacial score (nSPS) is 15.8. The van der Waals surface area contributed by atoms with Gasteiger partial charge in [0.05, 0.1) is 26.3 Å². The highest BCUT2D eigenvalue weighted by molar-refractivity contribution is 7.80. The molecule has 2 aromatic rings. The summed E-state index contributed by atoms with van der Waals surface area (Å²) in [4.78, 5) is 29.4. The number of carbonyl (C=O) groups is 2. The molecule has 2 aromatic carbocycles. The van der Waals surface area contributed by atoms with Crippen molar-refractivity contribution in [3.63, 3.8) is 0 Å². The van der Waals surface area contributed by atoms with Crippen LogP contribution in [0, 0.1) is 0 Å². The summed E-state index contributed by atoms with van der Waals surface area (Å²) in [6.45, 7) is 1.03. The Labute approximate surface area is 193 Å². The van der Waals surface area contributed by atoms with Crippen molar-refractivity contribution < 1.29 is 23.8 Å². The van der Waals surface area contributed by atoms with Gasteiger partial charge in [-0.05, 0) is 67.2 Å². The number of hydrogen-bond acceptors (Lipinski definition) is 6. The van der Waals surface area contributed by atoms with E-state index in [-0.39, 0.29) is 18.2 Å². The molecule has 0 saturated carbocycles. The number of anilines is 2. The van der Waals surface area contributed by atoms with Crippen molar-refractivity contribution in [2.75, 3.05) is 44.7 Å². The second kappa shape index (κ2) is 10.9. The molecular weight excluding hydrogens is 430 g/mol. The van der Waals surface area contributed by atoms with E-state index < -0.39 is 6.04 Å². The number of rotatable bonds is 10. The van der Waals surface area contributed by atoms with Crippen LogP contribution in [-0.2, 0) is 14.3 Å². The number of nitrogens with zero attached hydrogens (tertiary/aromatic N) is 2. The molecule has 170 valence electrons. The van der Waals surface area contributed by atoms with Crippen molar-refractivity contribution in [2.24, 2.45) is 0 Å². The van der Waals surface area contributed by atoms with E-state index in [0.29, 0.717) is 47.6 Å². The van der Waals surface area contributed by atoms with E-state index in [1.807, 2.05) is 0 Å². The van der Waals surface area contributed by atoms with Gasteiger partial charge in [-0.15, -0.1) is 0 Å². The van der Waals surface area contributed by atoms with Crippen molar-refractivity contribution >= 4 is 40.5 Å². The summed E-state index contributed by atoms with van der Waals surface area (Å²) in [6, 6.07) is 13.4. The smallest absolute Gasteiger partial charge is 0.256 e. The first-order valence-corrected chi connectivity index (χ1v) is 10.6. The first-order chi connectivity index (χ1) is 15.5. The molecule has 1 atom stereocenters. The quantitative estimate of drug-likeness (QED) is 0.434. The zero-order chi connectivity index (χ0) is 23.1. The summed E-state index contributed by atoms with van der Waals surface area (Å²) in [6.07, 6.45) is 0.654. The second-order valence-corrected chi connectivity index (χ2v) is 7.56. The summed E-state index contributed by atoms with van der Waals surface area (Å²) in [5.74, 6) is 0.865. The Bertz CT molecular complexity index is 949. The average Bonchev–Trinajstić information content (AvgIpc) is 3.03. The maximum atomic E-state index is 13.3. The van der Waals surface area contributed by atoms with Gasteiger partial charge in [-0.25, -0.2) is 0 Å². The van der Waals surface area contributed by atoms with E-state index in [4.69, 9.17) is 26.4 Å². The van der Waals surface area contributed by atoms with E-state index in [1.54, 1.807) is 74.8 Å². The molecule has 8 nitrogen and oxygen atoms in total. The van der Waals surface area contributed by atoms with Crippen LogP contribution in [0.5, 0.6) is 11.5 Å². The Morgan fingerprint density at radius 3 is 2.16 bits per heavy atom. The minimum absolute atomic E-state index is 0.0232. The molecule has 1 saturated heterocycles. The molecule has 2 amide bonds. The van der Waals surface area contributed by atoms with Gasteiger partial charge in [0.1, 0.15) is 17.5 Å². The Kier molecular flexibility index (Phi) is 8.02. The molecule has 32 heavy (non-hydrogen) atoms. The number of ether oxygens (including phenoxy) is 3. The fourth-order valence-corrected chi connectivity index (χ4v) is 3.91. The number of carbonyl (C=O) groups excluding carboxylic acids is 2. The summed E-state index contributed by atoms with van der Waals surface area (Å²) in [5.41, 5.74) is 1.26. The molecule has 1 heterocycles. The van der Waals surface area contributed by atoms with E-state index >= 15 is 0 Å². The second-order valence-electron chi connectivity index (χ2n) is 7.19. The minimum atomic E-state index is -0.695. The highest BCUT2D eigenvalue weighted by atomic mass is 32.1. The van der Waals surface area contributed by atoms with Crippen molar-refractivity contribution in [1.29, 1.82) is 0 Å². The number of methoxy groups -OCH3 is 3. The predicted octanol–water partition coefficient (Wildman–Crippen LogP) is 3.07. The Balaban J connectivity index is 1.77. The summed E-state index contributed by atoms with van der Waals surface area (Å²) in [5, 5.41) is 3.21. The van der Waals surface area contributed by atoms with Crippen LogP contribution in [0.4, 0.5) is 11.4 Å². The maximum absolute atomic E-state index is 13.3. The van der Waals surface area contributed by atoms with Crippen molar-refractivity contribution in [1.82, 2.24) is 4.90 Å². The third-order valence-corrected chi connectivity index (χ3v) is 5.57. The van der Waals surface area contributed by atoms with Gasteiger partial charge < -0.3 is 24.4 Å². The van der Waals surface area contributed by atoms with Gasteiger partial charge in [0.2, 0.25) is 5.91 Å². The molecular formula is C23H27N3O5S. The molecule has 0 aromatic heterocycles. The zero-order valence-electron chi connectivity index (χ0n) is 18.4. The molecule has 1 N–H and O–H groups in total. The summed E-state index contributed by atoms with van der Waals surface area (Å²) >= 11 is 5.63. The lowest BCUT2D eigenvalue weighted by molar-refractivity contribution is -0.124. The van der Waals surface area contributed by atoms with Gasteiger partial charge >= 0.3 is 0 Å². The standard InChI is InChI=1S/C23H27N3O5S/c1-29-14-4-13-25-20(15-21(27)24-16-5-9-18(30-2)10-6-16)22(28)26(23(25)32)17-7-11-19(31-3)12-8-17/h5-12,20H,4,13-15H2,1-3H3,(H,24,27). The van der Waals surface area contributed by atoms with Gasteiger partial charge in [-0.2, -0.15) is 0 Å². The third kappa shape index (κ3) is 5.35. The first kappa shape index (κ1) is 23.5. The molecule has 3 rings (SSSR count). The highest BCUT2D eigenvalue weighted by Crippen LogP contribution is 2.29. The van der Waals surface area contributed by atoms with Crippen LogP contribution in [0.2, 0.25) is 0 Å². The van der Waals surface area contributed by atoms with Crippen LogP contribution < -0.4 is 19.7 Å². The molecule has 1 aliphatic rings. The van der Waals surface area contributed by atoms with Crippen LogP contribution in [0.15, 0.2) is 48.5 Å². The fourth-order valence-electron chi connectivity index (χ4n) is 3.50. The topological polar surface area (TPSA) is 80.3 Å². The largest absolute Gasteiger partial charge is 0.497 e. The van der Waals surface area contributed by atoms with E-state index in [2.05, 4.69) is 5.32 Å². The molecule has 0 radical (unpaired) electrons. The SMILES string of the molecule is COCCCN1C(=S)N(c2ccc(OC)cc2)C(=O)C1CC(=O)Nc1ccc(OC)cc1. The highest BCUT2D eigenvalue weighted by Gasteiger charge is 2.43. The van der Waals surface area contributed by atoms with Crippen LogP contribution in [0.3, 0.4) is 0 Å². The zero-order valence-corrected chi connectivity index (χ0v) is 19.2. The molecule has 1 fully saturated rings. The lowest BCUT2D eigenvalue weighted by atomic mass is 10.1. The molecule has 0 spiro atoms. The number of nitrogens with one attached hydrogen (secondary N) is 1. The van der Waals surface area contributed by atoms with Crippen LogP contribution in [0.1, 0.15) is 12.8 Å². The lowest BCUT2D eigenvalue weighted by Crippen LogP contribution is -2.38. The monoisotopic (exact) mass is 457 g/mol. The van der Waals surface area contributed by atoms with Crippen molar-refractivity contribution in [2.45, 2.75) is 18.9 Å². The molecule has 9 heteroatoms. The van der Waals surface area contributed by atoms with E-state index in [0.717, 1.165) is 0 Å². The van der Waals surface area contributed by atoms with Crippen LogP contribution in [-0.4, -0.2) is 62.3 Å². The van der Waals surface area contributed by atoms with Gasteiger partial charge in [0, 0.05) is 25.9 Å². The summed E-state index contributed by atoms with van der Waals surface area (Å²) in [7, 11) is 4.78.